The molecule has 0 radical (unpaired) electrons. The molecule has 0 saturated heterocycles. The second kappa shape index (κ2) is 33.8. The van der Waals surface area contributed by atoms with Gasteiger partial charge in [-0.05, 0) is 239 Å². The van der Waals surface area contributed by atoms with Gasteiger partial charge >= 0.3 is 0 Å². The quantitative estimate of drug-likeness (QED) is 0.144. The van der Waals surface area contributed by atoms with Crippen molar-refractivity contribution in [2.75, 3.05) is 63.1 Å². The summed E-state index contributed by atoms with van der Waals surface area (Å²) in [5, 5.41) is 11.7. The maximum atomic E-state index is 6.42. The smallest absolute Gasteiger partial charge is 0.159 e. The van der Waals surface area contributed by atoms with E-state index < -0.39 is 0 Å². The first kappa shape index (κ1) is 84.8. The average Bonchev–Trinajstić information content (AvgIpc) is 2.07. The van der Waals surface area contributed by atoms with Crippen LogP contribution in [-0.4, -0.2) is 51.0 Å². The molecule has 5 atom stereocenters. The molecule has 0 unspecified atom stereocenters. The summed E-state index contributed by atoms with van der Waals surface area (Å²) in [5.41, 5.74) is 36.3. The van der Waals surface area contributed by atoms with E-state index in [1.165, 1.54) is 145 Å². The van der Waals surface area contributed by atoms with Crippen LogP contribution in [-0.2, 0) is 0 Å². The Bertz CT molecular complexity index is 8020. The summed E-state index contributed by atoms with van der Waals surface area (Å²) in [6.45, 7) is 30.9. The molecule has 0 aliphatic carbocycles. The van der Waals surface area contributed by atoms with Crippen LogP contribution in [0.5, 0.6) is 0 Å². The zero-order valence-electron chi connectivity index (χ0n) is 79.3. The van der Waals surface area contributed by atoms with Crippen LogP contribution in [0, 0.1) is 48.5 Å². The molecule has 135 heavy (non-hydrogen) atoms. The summed E-state index contributed by atoms with van der Waals surface area (Å²) in [6, 6.07) is 115. The van der Waals surface area contributed by atoms with Crippen LogP contribution in [0.15, 0.2) is 362 Å². The summed E-state index contributed by atoms with van der Waals surface area (Å²) in [6.07, 6.45) is 5.29. The Morgan fingerprint density at radius 2 is 0.489 bits per heavy atom. The Hall–Kier alpha value is -15.7. The maximum Gasteiger partial charge on any atom is 0.159 e. The lowest BCUT2D eigenvalue weighted by atomic mass is 10.1. The number of benzene rings is 16. The molecule has 5 aromatic heterocycles. The molecular formula is C120H110N10O5. The molecule has 0 bridgehead atoms. The summed E-state index contributed by atoms with van der Waals surface area (Å²) in [7, 11) is 4.30. The highest BCUT2D eigenvalue weighted by molar-refractivity contribution is 6.16. The van der Waals surface area contributed by atoms with E-state index in [1.54, 1.807) is 0 Å². The molecule has 15 heteroatoms. The molecule has 21 aromatic rings. The molecule has 0 fully saturated rings. The molecule has 0 N–H and O–H groups in total. The third-order valence-corrected chi connectivity index (χ3v) is 28.4. The van der Waals surface area contributed by atoms with Gasteiger partial charge in [-0.1, -0.05) is 224 Å². The topological polar surface area (TPSA) is 98.1 Å². The van der Waals surface area contributed by atoms with Crippen LogP contribution in [0.3, 0.4) is 0 Å². The van der Waals surface area contributed by atoms with Crippen LogP contribution < -0.4 is 49.0 Å². The number of aryl methyl sites for hydroxylation is 7. The molecule has 0 spiro atoms. The predicted octanol–water partition coefficient (Wildman–Crippen LogP) is 32.4. The molecule has 5 aliphatic rings. The van der Waals surface area contributed by atoms with Crippen LogP contribution in [0.2, 0.25) is 0 Å². The van der Waals surface area contributed by atoms with Gasteiger partial charge in [0, 0.05) is 97.8 Å². The third kappa shape index (κ3) is 14.1. The summed E-state index contributed by atoms with van der Waals surface area (Å²) >= 11 is 0. The fraction of sp³-hybridized carbons (Fsp3) is 0.183. The fourth-order valence-electron chi connectivity index (χ4n) is 21.8. The minimum absolute atomic E-state index is 0.113. The molecule has 16 aromatic carbocycles. The number of anilines is 15. The first-order chi connectivity index (χ1) is 65.7. The Labute approximate surface area is 787 Å². The van der Waals surface area contributed by atoms with Gasteiger partial charge in [0.1, 0.15) is 58.7 Å². The van der Waals surface area contributed by atoms with Crippen molar-refractivity contribution in [3.63, 3.8) is 0 Å². The number of hydrogen-bond acceptors (Lipinski definition) is 15. The maximum absolute atomic E-state index is 6.42. The van der Waals surface area contributed by atoms with E-state index >= 15 is 0 Å². The van der Waals surface area contributed by atoms with Gasteiger partial charge in [0.2, 0.25) is 0 Å². The van der Waals surface area contributed by atoms with Gasteiger partial charge < -0.3 is 71.1 Å². The van der Waals surface area contributed by atoms with Gasteiger partial charge in [0.25, 0.3) is 0 Å². The van der Waals surface area contributed by atoms with Crippen molar-refractivity contribution >= 4 is 195 Å². The summed E-state index contributed by atoms with van der Waals surface area (Å²) < 4.78 is 31.7. The van der Waals surface area contributed by atoms with Crippen LogP contribution in [0.25, 0.3) is 110 Å². The molecule has 0 saturated carbocycles. The first-order valence-corrected chi connectivity index (χ1v) is 47.2. The van der Waals surface area contributed by atoms with Crippen molar-refractivity contribution in [1.82, 2.24) is 0 Å². The fourth-order valence-corrected chi connectivity index (χ4v) is 21.8. The first-order valence-electron chi connectivity index (χ1n) is 47.2. The van der Waals surface area contributed by atoms with E-state index in [4.69, 9.17) is 22.1 Å². The summed E-state index contributed by atoms with van der Waals surface area (Å²) in [4.78, 5) is 23.8. The monoisotopic (exact) mass is 1770 g/mol. The Balaban J connectivity index is 0.0000000981. The minimum Gasteiger partial charge on any atom is -0.454 e. The lowest BCUT2D eigenvalue weighted by Crippen LogP contribution is -2.42. The zero-order valence-corrected chi connectivity index (χ0v) is 79.3. The number of fused-ring (bicyclic) bond motifs is 19. The molecular weight excluding hydrogens is 1660 g/mol. The number of hydrogen-bond donors (Lipinski definition) is 0. The van der Waals surface area contributed by atoms with Crippen LogP contribution in [0.1, 0.15) is 87.4 Å². The highest BCUT2D eigenvalue weighted by atomic mass is 16.3. The van der Waals surface area contributed by atoms with E-state index in [0.717, 1.165) is 89.4 Å². The number of furan rings is 5. The largest absolute Gasteiger partial charge is 0.454 e. The number of rotatable bonds is 8. The Kier molecular flexibility index (Phi) is 21.2. The van der Waals surface area contributed by atoms with E-state index in [1.807, 2.05) is 54.6 Å². The van der Waals surface area contributed by atoms with Gasteiger partial charge in [0.05, 0.1) is 73.9 Å². The predicted molar refractivity (Wildman–Crippen MR) is 567 cm³/mol. The van der Waals surface area contributed by atoms with Gasteiger partial charge in [-0.25, -0.2) is 0 Å². The number of nitrogens with zero attached hydrogens (tertiary/aromatic N) is 10. The highest BCUT2D eigenvalue weighted by Crippen LogP contribution is 2.56. The molecule has 0 amide bonds. The van der Waals surface area contributed by atoms with E-state index in [0.29, 0.717) is 6.04 Å². The zero-order chi connectivity index (χ0) is 92.6. The molecule has 10 heterocycles. The van der Waals surface area contributed by atoms with Gasteiger partial charge in [-0.2, -0.15) is 0 Å². The Morgan fingerprint density at radius 3 is 0.844 bits per heavy atom. The van der Waals surface area contributed by atoms with Crippen molar-refractivity contribution in [3.8, 4) is 0 Å². The molecule has 26 rings (SSSR count). The SMILES string of the molecule is Cc1cc(C)cc(N2C=CN(c3c(C)ccc4c3oc3ccccc34)[C@@H]2C)c1.Cc1ccc2c(oc3ccccc32)c1N1c2ccccc2N(C(C)C)[C@H]1C.Cc1ccc2c(oc3ccccc32)c1N1c2ccccc2N(C)[C@H]1C.Cc1ccc2c(oc3ccccc32)c1N1c2ccccc2N(C)[C@H]1C.Cc1ccc2c(oc3ccccc32)c1N1c2ccccc2N(c2ccccc2)[C@H]1C. The standard InChI is InChI=1S/C27H22N2O.C25H24N2O.C24H24N2O.2C22H20N2O/c1-18-16-17-22-21-12-6-9-15-25(21)30-27(22)26(18)29-19(2)28(20-10-4-3-5-11-20)23-13-7-8-14-24(23)29;1-16-13-17(2)15-20(14-16)26-11-12-27(19(26)4)24-18(3)9-10-22-21-7-5-6-8-23(21)28-25(22)24;1-15(2)25-17(4)26(21-11-7-6-10-20(21)25)23-16(3)13-14-19-18-9-5-8-12-22(18)27-24(19)23;2*1-14-12-13-17-16-8-4-7-11-20(16)25-22(17)21(14)24-15(2)23(3)18-9-5-6-10-19(18)24/h3-17,19H,1-2H3;5-15,19H,1-4H3;5-15,17H,1-4H3;2*4-13,15H,1-3H3/t2*19-;17-;2*15-/m11111/s1. The van der Waals surface area contributed by atoms with Crippen LogP contribution in [0.4, 0.5) is 85.3 Å². The number of para-hydroxylation sites is 14. The van der Waals surface area contributed by atoms with Crippen molar-refractivity contribution in [2.45, 2.75) is 134 Å². The lowest BCUT2D eigenvalue weighted by molar-refractivity contribution is 0.603. The molecule has 670 valence electrons. The van der Waals surface area contributed by atoms with Crippen molar-refractivity contribution in [2.24, 2.45) is 0 Å². The van der Waals surface area contributed by atoms with Gasteiger partial charge in [-0.15, -0.1) is 0 Å². The van der Waals surface area contributed by atoms with E-state index in [-0.39, 0.29) is 30.8 Å². The minimum atomic E-state index is 0.113. The second-order valence-corrected chi connectivity index (χ2v) is 37.0. The highest BCUT2D eigenvalue weighted by Gasteiger charge is 2.42. The molecule has 5 aliphatic heterocycles. The van der Waals surface area contributed by atoms with Crippen molar-refractivity contribution in [1.29, 1.82) is 0 Å². The van der Waals surface area contributed by atoms with Gasteiger partial charge in [-0.3, -0.25) is 0 Å². The van der Waals surface area contributed by atoms with Crippen molar-refractivity contribution in [3.05, 3.63) is 379 Å². The van der Waals surface area contributed by atoms with Crippen molar-refractivity contribution < 1.29 is 22.1 Å². The third-order valence-electron chi connectivity index (χ3n) is 28.4. The van der Waals surface area contributed by atoms with Crippen LogP contribution >= 0.6 is 0 Å². The summed E-state index contributed by atoms with van der Waals surface area (Å²) in [5.74, 6) is 0. The normalized spacial score (nSPS) is 16.6. The lowest BCUT2D eigenvalue weighted by Gasteiger charge is -2.33. The van der Waals surface area contributed by atoms with Gasteiger partial charge in [0.15, 0.2) is 27.9 Å². The van der Waals surface area contributed by atoms with E-state index in [2.05, 4.69) is 445 Å². The Morgan fingerprint density at radius 1 is 0.222 bits per heavy atom. The van der Waals surface area contributed by atoms with E-state index in [9.17, 15) is 0 Å². The average molecular weight is 1770 g/mol. The molecule has 15 nitrogen and oxygen atoms in total. The second-order valence-electron chi connectivity index (χ2n) is 37.0.